The Morgan fingerprint density at radius 3 is 2.85 bits per heavy atom. The third-order valence-electron chi connectivity index (χ3n) is 1.62. The average Bonchev–Trinajstić information content (AvgIpc) is 2.17. The van der Waals surface area contributed by atoms with Crippen LogP contribution in [0.4, 0.5) is 4.39 Å². The Kier molecular flexibility index (Phi) is 3.01. The summed E-state index contributed by atoms with van der Waals surface area (Å²) in [6.07, 6.45) is 0. The molecule has 0 spiro atoms. The van der Waals surface area contributed by atoms with Gasteiger partial charge in [0.05, 0.1) is 5.56 Å². The van der Waals surface area contributed by atoms with Crippen molar-refractivity contribution in [2.24, 2.45) is 0 Å². The maximum atomic E-state index is 12.8. The van der Waals surface area contributed by atoms with Gasteiger partial charge < -0.3 is 9.68 Å². The van der Waals surface area contributed by atoms with Crippen molar-refractivity contribution >= 4 is 12.6 Å². The second kappa shape index (κ2) is 4.03. The molecule has 1 aromatic rings. The van der Waals surface area contributed by atoms with Gasteiger partial charge in [0, 0.05) is 7.11 Å². The quantitative estimate of drug-likeness (QED) is 0.651. The Bertz CT molecular complexity index is 350. The molecule has 0 aromatic heterocycles. The Balaban J connectivity index is 3.08. The standard InChI is InChI=1S/C8H7BFNO2/c1-13-9(12)7-2-3-8(10)6(4-7)5-11/h2-4,12H,1H3. The number of nitrogens with zero attached hydrogens (tertiary/aromatic N) is 1. The highest BCUT2D eigenvalue weighted by atomic mass is 19.1. The van der Waals surface area contributed by atoms with Crippen LogP contribution in [0.5, 0.6) is 0 Å². The zero-order chi connectivity index (χ0) is 9.84. The highest BCUT2D eigenvalue weighted by Gasteiger charge is 2.15. The van der Waals surface area contributed by atoms with Gasteiger partial charge in [0.1, 0.15) is 11.9 Å². The predicted molar refractivity (Wildman–Crippen MR) is 45.7 cm³/mol. The van der Waals surface area contributed by atoms with E-state index >= 15 is 0 Å². The Morgan fingerprint density at radius 1 is 1.62 bits per heavy atom. The van der Waals surface area contributed by atoms with Gasteiger partial charge in [-0.3, -0.25) is 0 Å². The largest absolute Gasteiger partial charge is 0.490 e. The lowest BCUT2D eigenvalue weighted by atomic mass is 9.79. The fourth-order valence-corrected chi connectivity index (χ4v) is 0.918. The smallest absolute Gasteiger partial charge is 0.423 e. The minimum atomic E-state index is -1.12. The van der Waals surface area contributed by atoms with Crippen molar-refractivity contribution in [1.82, 2.24) is 0 Å². The van der Waals surface area contributed by atoms with Gasteiger partial charge in [-0.05, 0) is 17.6 Å². The van der Waals surface area contributed by atoms with Crippen LogP contribution in [0.25, 0.3) is 0 Å². The zero-order valence-electron chi connectivity index (χ0n) is 6.99. The van der Waals surface area contributed by atoms with E-state index in [1.54, 1.807) is 6.07 Å². The monoisotopic (exact) mass is 179 g/mol. The zero-order valence-corrected chi connectivity index (χ0v) is 6.99. The molecule has 0 fully saturated rings. The molecule has 0 aliphatic heterocycles. The van der Waals surface area contributed by atoms with Gasteiger partial charge in [-0.1, -0.05) is 6.07 Å². The summed E-state index contributed by atoms with van der Waals surface area (Å²) >= 11 is 0. The highest BCUT2D eigenvalue weighted by Crippen LogP contribution is 2.03. The molecule has 0 saturated heterocycles. The molecule has 13 heavy (non-hydrogen) atoms. The molecular weight excluding hydrogens is 172 g/mol. The number of hydrogen-bond donors (Lipinski definition) is 1. The van der Waals surface area contributed by atoms with Gasteiger partial charge in [-0.25, -0.2) is 4.39 Å². The molecule has 0 amide bonds. The van der Waals surface area contributed by atoms with Crippen LogP contribution in [0.3, 0.4) is 0 Å². The van der Waals surface area contributed by atoms with E-state index in [0.717, 1.165) is 6.07 Å². The molecule has 0 atom stereocenters. The van der Waals surface area contributed by atoms with Crippen LogP contribution in [0.1, 0.15) is 5.56 Å². The van der Waals surface area contributed by atoms with Crippen molar-refractivity contribution in [3.8, 4) is 6.07 Å². The highest BCUT2D eigenvalue weighted by molar-refractivity contribution is 6.59. The normalized spacial score (nSPS) is 9.38. The van der Waals surface area contributed by atoms with E-state index in [0.29, 0.717) is 5.46 Å². The van der Waals surface area contributed by atoms with Gasteiger partial charge in [0.25, 0.3) is 0 Å². The SMILES string of the molecule is COB(O)c1ccc(F)c(C#N)c1. The first-order valence-electron chi connectivity index (χ1n) is 3.59. The van der Waals surface area contributed by atoms with Crippen molar-refractivity contribution in [2.45, 2.75) is 0 Å². The van der Waals surface area contributed by atoms with Gasteiger partial charge >= 0.3 is 7.12 Å². The molecule has 0 saturated carbocycles. The van der Waals surface area contributed by atoms with Gasteiger partial charge in [0.15, 0.2) is 0 Å². The topological polar surface area (TPSA) is 53.2 Å². The summed E-state index contributed by atoms with van der Waals surface area (Å²) in [6, 6.07) is 5.41. The van der Waals surface area contributed by atoms with Crippen LogP contribution in [0.2, 0.25) is 0 Å². The van der Waals surface area contributed by atoms with Crippen LogP contribution in [0, 0.1) is 17.1 Å². The Labute approximate surface area is 75.5 Å². The van der Waals surface area contributed by atoms with Crippen molar-refractivity contribution < 1.29 is 14.1 Å². The van der Waals surface area contributed by atoms with Crippen molar-refractivity contribution in [3.63, 3.8) is 0 Å². The summed E-state index contributed by atoms with van der Waals surface area (Å²) in [5.74, 6) is -0.602. The van der Waals surface area contributed by atoms with E-state index in [4.69, 9.17) is 5.26 Å². The van der Waals surface area contributed by atoms with Crippen molar-refractivity contribution in [2.75, 3.05) is 7.11 Å². The molecule has 3 nitrogen and oxygen atoms in total. The van der Waals surface area contributed by atoms with Gasteiger partial charge in [0.2, 0.25) is 0 Å². The molecule has 0 bridgehead atoms. The molecular formula is C8H7BFNO2. The Morgan fingerprint density at radius 2 is 2.31 bits per heavy atom. The fraction of sp³-hybridized carbons (Fsp3) is 0.125. The summed E-state index contributed by atoms with van der Waals surface area (Å²) in [7, 11) is 0.202. The summed E-state index contributed by atoms with van der Waals surface area (Å²) in [5, 5.41) is 17.7. The van der Waals surface area contributed by atoms with Crippen LogP contribution < -0.4 is 5.46 Å². The predicted octanol–water partition coefficient (Wildman–Crippen LogP) is 0.0313. The first-order valence-corrected chi connectivity index (χ1v) is 3.59. The molecule has 66 valence electrons. The lowest BCUT2D eigenvalue weighted by Gasteiger charge is -2.03. The van der Waals surface area contributed by atoms with E-state index in [9.17, 15) is 9.41 Å². The number of benzene rings is 1. The van der Waals surface area contributed by atoms with E-state index in [1.165, 1.54) is 19.2 Å². The molecule has 0 heterocycles. The lowest BCUT2D eigenvalue weighted by Crippen LogP contribution is -2.32. The second-order valence-corrected chi connectivity index (χ2v) is 2.44. The summed E-state index contributed by atoms with van der Waals surface area (Å²) in [6.45, 7) is 0. The van der Waals surface area contributed by atoms with Gasteiger partial charge in [-0.2, -0.15) is 5.26 Å². The van der Waals surface area contributed by atoms with E-state index in [-0.39, 0.29) is 5.56 Å². The second-order valence-electron chi connectivity index (χ2n) is 2.44. The first-order chi connectivity index (χ1) is 6.19. The van der Waals surface area contributed by atoms with Crippen molar-refractivity contribution in [3.05, 3.63) is 29.6 Å². The maximum absolute atomic E-state index is 12.8. The summed E-state index contributed by atoms with van der Waals surface area (Å²) in [4.78, 5) is 0. The van der Waals surface area contributed by atoms with Gasteiger partial charge in [-0.15, -0.1) is 0 Å². The number of nitriles is 1. The molecule has 1 aromatic carbocycles. The number of rotatable bonds is 2. The van der Waals surface area contributed by atoms with E-state index < -0.39 is 12.9 Å². The van der Waals surface area contributed by atoms with Crippen LogP contribution in [0.15, 0.2) is 18.2 Å². The molecule has 0 aliphatic carbocycles. The molecule has 0 aliphatic rings. The fourth-order valence-electron chi connectivity index (χ4n) is 0.918. The molecule has 0 radical (unpaired) electrons. The minimum Gasteiger partial charge on any atom is -0.423 e. The molecule has 1 N–H and O–H groups in total. The number of hydrogen-bond acceptors (Lipinski definition) is 3. The maximum Gasteiger partial charge on any atom is 0.490 e. The van der Waals surface area contributed by atoms with E-state index in [1.807, 2.05) is 0 Å². The van der Waals surface area contributed by atoms with Crippen molar-refractivity contribution in [1.29, 1.82) is 5.26 Å². The molecule has 5 heteroatoms. The summed E-state index contributed by atoms with van der Waals surface area (Å²) < 4.78 is 17.4. The third-order valence-corrected chi connectivity index (χ3v) is 1.62. The minimum absolute atomic E-state index is 0.103. The molecule has 1 rings (SSSR count). The summed E-state index contributed by atoms with van der Waals surface area (Å²) in [5.41, 5.74) is 0.258. The molecule has 0 unspecified atom stereocenters. The van der Waals surface area contributed by atoms with E-state index in [2.05, 4.69) is 4.65 Å². The van der Waals surface area contributed by atoms with Crippen LogP contribution in [-0.2, 0) is 4.65 Å². The Hall–Kier alpha value is -1.38. The van der Waals surface area contributed by atoms with Crippen LogP contribution in [-0.4, -0.2) is 19.3 Å². The first kappa shape index (κ1) is 9.71. The average molecular weight is 179 g/mol. The lowest BCUT2D eigenvalue weighted by molar-refractivity contribution is 0.341. The van der Waals surface area contributed by atoms with Crippen LogP contribution >= 0.6 is 0 Å². The number of halogens is 1. The third kappa shape index (κ3) is 2.05.